The molecule has 0 aliphatic heterocycles. The molecule has 0 aliphatic carbocycles. The van der Waals surface area contributed by atoms with Gasteiger partial charge in [-0.3, -0.25) is 9.52 Å². The molecule has 0 saturated heterocycles. The van der Waals surface area contributed by atoms with Crippen LogP contribution in [0.4, 0.5) is 5.69 Å². The largest absolute Gasteiger partial charge is 0.351 e. The Morgan fingerprint density at radius 1 is 0.969 bits per heavy atom. The first-order valence-corrected chi connectivity index (χ1v) is 13.1. The number of aryl methyl sites for hydroxylation is 1. The third-order valence-electron chi connectivity index (χ3n) is 4.53. The van der Waals surface area contributed by atoms with Crippen LogP contribution in [0, 0.1) is 6.92 Å². The fourth-order valence-corrected chi connectivity index (χ4v) is 5.05. The molecular formula is C23H22Cl2N2O3S2. The standard InChI is InChI=1S/C23H22Cl2N2O3S2/c1-16-6-9-18(10-7-16)32(29,30)27-22-5-3-2-4-19(22)23(28)26-12-13-31-15-17-8-11-20(24)21(25)14-17/h2-11,14,27H,12-13,15H2,1H3,(H,26,28). The van der Waals surface area contributed by atoms with Gasteiger partial charge in [0.2, 0.25) is 0 Å². The van der Waals surface area contributed by atoms with Gasteiger partial charge in [0.1, 0.15) is 0 Å². The van der Waals surface area contributed by atoms with Gasteiger partial charge >= 0.3 is 0 Å². The summed E-state index contributed by atoms with van der Waals surface area (Å²) in [6.45, 7) is 2.32. The van der Waals surface area contributed by atoms with Crippen molar-refractivity contribution in [2.45, 2.75) is 17.6 Å². The molecule has 0 aromatic heterocycles. The lowest BCUT2D eigenvalue weighted by Crippen LogP contribution is -2.27. The van der Waals surface area contributed by atoms with Crippen molar-refractivity contribution < 1.29 is 13.2 Å². The van der Waals surface area contributed by atoms with Crippen LogP contribution in [0.2, 0.25) is 10.0 Å². The quantitative estimate of drug-likeness (QED) is 0.360. The highest BCUT2D eigenvalue weighted by molar-refractivity contribution is 7.98. The molecule has 3 aromatic carbocycles. The molecule has 0 atom stereocenters. The Morgan fingerprint density at radius 2 is 1.69 bits per heavy atom. The van der Waals surface area contributed by atoms with E-state index < -0.39 is 10.0 Å². The summed E-state index contributed by atoms with van der Waals surface area (Å²) in [6.07, 6.45) is 0. The number of benzene rings is 3. The first-order chi connectivity index (χ1) is 15.3. The van der Waals surface area contributed by atoms with Crippen molar-refractivity contribution in [2.24, 2.45) is 0 Å². The van der Waals surface area contributed by atoms with Crippen LogP contribution in [0.5, 0.6) is 0 Å². The van der Waals surface area contributed by atoms with E-state index in [-0.39, 0.29) is 22.1 Å². The Balaban J connectivity index is 1.56. The minimum Gasteiger partial charge on any atom is -0.351 e. The van der Waals surface area contributed by atoms with E-state index in [1.165, 1.54) is 12.1 Å². The summed E-state index contributed by atoms with van der Waals surface area (Å²) in [6, 6.07) is 18.5. The van der Waals surface area contributed by atoms with Crippen molar-refractivity contribution in [2.75, 3.05) is 17.0 Å². The van der Waals surface area contributed by atoms with E-state index in [1.807, 2.05) is 19.1 Å². The Kier molecular flexibility index (Phi) is 8.48. The van der Waals surface area contributed by atoms with Gasteiger partial charge in [-0.15, -0.1) is 0 Å². The van der Waals surface area contributed by atoms with E-state index in [1.54, 1.807) is 54.2 Å². The van der Waals surface area contributed by atoms with Crippen molar-refractivity contribution in [3.8, 4) is 0 Å². The summed E-state index contributed by atoms with van der Waals surface area (Å²) in [5, 5.41) is 3.87. The third-order valence-corrected chi connectivity index (χ3v) is 7.68. The fourth-order valence-electron chi connectivity index (χ4n) is 2.84. The zero-order chi connectivity index (χ0) is 23.1. The van der Waals surface area contributed by atoms with Crippen molar-refractivity contribution >= 4 is 56.6 Å². The summed E-state index contributed by atoms with van der Waals surface area (Å²) in [7, 11) is -3.81. The highest BCUT2D eigenvalue weighted by atomic mass is 35.5. The Hall–Kier alpha value is -2.19. The van der Waals surface area contributed by atoms with E-state index >= 15 is 0 Å². The van der Waals surface area contributed by atoms with Crippen LogP contribution in [-0.2, 0) is 15.8 Å². The molecular weight excluding hydrogens is 487 g/mol. The maximum Gasteiger partial charge on any atom is 0.261 e. The maximum atomic E-state index is 12.7. The lowest BCUT2D eigenvalue weighted by Gasteiger charge is -2.13. The average molecular weight is 509 g/mol. The van der Waals surface area contributed by atoms with Gasteiger partial charge in [0, 0.05) is 18.1 Å². The van der Waals surface area contributed by atoms with Gasteiger partial charge in [-0.25, -0.2) is 8.42 Å². The SMILES string of the molecule is Cc1ccc(S(=O)(=O)Nc2ccccc2C(=O)NCCSCc2ccc(Cl)c(Cl)c2)cc1. The van der Waals surface area contributed by atoms with Crippen LogP contribution < -0.4 is 10.0 Å². The smallest absolute Gasteiger partial charge is 0.261 e. The Labute approximate surface area is 202 Å². The van der Waals surface area contributed by atoms with Gasteiger partial charge < -0.3 is 5.32 Å². The minimum absolute atomic E-state index is 0.136. The molecule has 9 heteroatoms. The van der Waals surface area contributed by atoms with Gasteiger partial charge in [0.05, 0.1) is 26.2 Å². The average Bonchev–Trinajstić information content (AvgIpc) is 2.76. The zero-order valence-electron chi connectivity index (χ0n) is 17.3. The van der Waals surface area contributed by atoms with Crippen LogP contribution in [0.25, 0.3) is 0 Å². The second kappa shape index (κ2) is 11.1. The molecule has 32 heavy (non-hydrogen) atoms. The highest BCUT2D eigenvalue weighted by Crippen LogP contribution is 2.25. The van der Waals surface area contributed by atoms with Gasteiger partial charge in [0.25, 0.3) is 15.9 Å². The fraction of sp³-hybridized carbons (Fsp3) is 0.174. The van der Waals surface area contributed by atoms with E-state index in [4.69, 9.17) is 23.2 Å². The van der Waals surface area contributed by atoms with Gasteiger partial charge in [0.15, 0.2) is 0 Å². The van der Waals surface area contributed by atoms with Crippen molar-refractivity contribution in [3.05, 3.63) is 93.5 Å². The predicted molar refractivity (Wildman–Crippen MR) is 133 cm³/mol. The van der Waals surface area contributed by atoms with Gasteiger partial charge in [-0.2, -0.15) is 11.8 Å². The number of rotatable bonds is 9. The molecule has 3 rings (SSSR count). The van der Waals surface area contributed by atoms with Crippen LogP contribution in [0.1, 0.15) is 21.5 Å². The van der Waals surface area contributed by atoms with Crippen LogP contribution >= 0.6 is 35.0 Å². The molecule has 0 aliphatic rings. The second-order valence-corrected chi connectivity index (χ2v) is 10.6. The number of thioether (sulfide) groups is 1. The number of sulfonamides is 1. The van der Waals surface area contributed by atoms with Crippen molar-refractivity contribution in [3.63, 3.8) is 0 Å². The maximum absolute atomic E-state index is 12.7. The molecule has 2 N–H and O–H groups in total. The monoisotopic (exact) mass is 508 g/mol. The first-order valence-electron chi connectivity index (χ1n) is 9.74. The molecule has 0 saturated carbocycles. The molecule has 5 nitrogen and oxygen atoms in total. The summed E-state index contributed by atoms with van der Waals surface area (Å²) in [4.78, 5) is 12.8. The van der Waals surface area contributed by atoms with E-state index in [9.17, 15) is 13.2 Å². The van der Waals surface area contributed by atoms with Crippen molar-refractivity contribution in [1.82, 2.24) is 5.32 Å². The number of para-hydroxylation sites is 1. The molecule has 0 spiro atoms. The number of halogens is 2. The molecule has 1 amide bonds. The zero-order valence-corrected chi connectivity index (χ0v) is 20.4. The van der Waals surface area contributed by atoms with Gasteiger partial charge in [-0.05, 0) is 48.9 Å². The van der Waals surface area contributed by atoms with Gasteiger partial charge in [-0.1, -0.05) is 59.1 Å². The van der Waals surface area contributed by atoms with E-state index in [2.05, 4.69) is 10.0 Å². The number of anilines is 1. The number of carbonyl (C=O) groups excluding carboxylic acids is 1. The van der Waals surface area contributed by atoms with Crippen LogP contribution in [-0.4, -0.2) is 26.6 Å². The lowest BCUT2D eigenvalue weighted by atomic mass is 10.2. The highest BCUT2D eigenvalue weighted by Gasteiger charge is 2.18. The lowest BCUT2D eigenvalue weighted by molar-refractivity contribution is 0.0957. The Morgan fingerprint density at radius 3 is 2.41 bits per heavy atom. The summed E-state index contributed by atoms with van der Waals surface area (Å²) >= 11 is 13.6. The first kappa shape index (κ1) is 24.5. The van der Waals surface area contributed by atoms with Crippen LogP contribution in [0.3, 0.4) is 0 Å². The van der Waals surface area contributed by atoms with Crippen LogP contribution in [0.15, 0.2) is 71.6 Å². The molecule has 3 aromatic rings. The Bertz CT molecular complexity index is 1200. The summed E-state index contributed by atoms with van der Waals surface area (Å²) < 4.78 is 27.9. The molecule has 0 radical (unpaired) electrons. The molecule has 0 bridgehead atoms. The predicted octanol–water partition coefficient (Wildman–Crippen LogP) is 5.77. The summed E-state index contributed by atoms with van der Waals surface area (Å²) in [5.74, 6) is 1.07. The number of hydrogen-bond donors (Lipinski definition) is 2. The normalized spacial score (nSPS) is 11.2. The minimum atomic E-state index is -3.81. The van der Waals surface area contributed by atoms with E-state index in [0.717, 1.165) is 16.9 Å². The number of amides is 1. The number of carbonyl (C=O) groups is 1. The van der Waals surface area contributed by atoms with Crippen molar-refractivity contribution in [1.29, 1.82) is 0 Å². The number of nitrogens with one attached hydrogen (secondary N) is 2. The molecule has 168 valence electrons. The van der Waals surface area contributed by atoms with E-state index in [0.29, 0.717) is 22.3 Å². The topological polar surface area (TPSA) is 75.3 Å². The molecule has 0 heterocycles. The third kappa shape index (κ3) is 6.65. The molecule has 0 fully saturated rings. The number of hydrogen-bond acceptors (Lipinski definition) is 4. The summed E-state index contributed by atoms with van der Waals surface area (Å²) in [5.41, 5.74) is 2.50. The molecule has 0 unspecified atom stereocenters. The second-order valence-electron chi connectivity index (χ2n) is 7.02.